The molecule has 1 unspecified atom stereocenters. The van der Waals surface area contributed by atoms with Gasteiger partial charge in [-0.15, -0.1) is 0 Å². The SMILES string of the molecule is Cc1cc(Cl)cc(C(Cc2cccc(Cl)c2F)NN)c1. The van der Waals surface area contributed by atoms with Crippen molar-refractivity contribution < 1.29 is 4.39 Å². The van der Waals surface area contributed by atoms with Gasteiger partial charge in [-0.1, -0.05) is 41.4 Å². The molecule has 0 spiro atoms. The summed E-state index contributed by atoms with van der Waals surface area (Å²) in [5, 5.41) is 0.743. The molecule has 2 aromatic carbocycles. The van der Waals surface area contributed by atoms with Crippen molar-refractivity contribution >= 4 is 23.2 Å². The second kappa shape index (κ2) is 6.55. The van der Waals surface area contributed by atoms with Crippen molar-refractivity contribution in [1.29, 1.82) is 0 Å². The van der Waals surface area contributed by atoms with Crippen LogP contribution in [0.2, 0.25) is 10.0 Å². The smallest absolute Gasteiger partial charge is 0.145 e. The lowest BCUT2D eigenvalue weighted by molar-refractivity contribution is 0.529. The minimum Gasteiger partial charge on any atom is -0.271 e. The maximum atomic E-state index is 13.9. The number of halogens is 3. The third-order valence-corrected chi connectivity index (χ3v) is 3.63. The van der Waals surface area contributed by atoms with Crippen LogP contribution in [0.25, 0.3) is 0 Å². The number of aryl methyl sites for hydroxylation is 1. The lowest BCUT2D eigenvalue weighted by Crippen LogP contribution is -2.29. The Morgan fingerprint density at radius 2 is 2.00 bits per heavy atom. The van der Waals surface area contributed by atoms with Crippen LogP contribution >= 0.6 is 23.2 Å². The van der Waals surface area contributed by atoms with E-state index in [1.807, 2.05) is 25.1 Å². The highest BCUT2D eigenvalue weighted by atomic mass is 35.5. The highest BCUT2D eigenvalue weighted by Gasteiger charge is 2.15. The fraction of sp³-hybridized carbons (Fsp3) is 0.200. The molecule has 0 aromatic heterocycles. The van der Waals surface area contributed by atoms with Crippen LogP contribution in [0.3, 0.4) is 0 Å². The summed E-state index contributed by atoms with van der Waals surface area (Å²) in [7, 11) is 0. The number of hydrazine groups is 1. The van der Waals surface area contributed by atoms with Gasteiger partial charge in [0.05, 0.1) is 11.1 Å². The normalized spacial score (nSPS) is 12.4. The standard InChI is InChI=1S/C15H15Cl2FN2/c1-9-5-11(7-12(16)6-9)14(20-19)8-10-3-2-4-13(17)15(10)18/h2-7,14,20H,8,19H2,1H3. The largest absolute Gasteiger partial charge is 0.271 e. The first kappa shape index (κ1) is 15.3. The maximum absolute atomic E-state index is 13.9. The Balaban J connectivity index is 2.31. The third-order valence-electron chi connectivity index (χ3n) is 3.12. The summed E-state index contributed by atoms with van der Waals surface area (Å²) >= 11 is 11.8. The van der Waals surface area contributed by atoms with Crippen LogP contribution in [-0.4, -0.2) is 0 Å². The van der Waals surface area contributed by atoms with E-state index in [9.17, 15) is 4.39 Å². The zero-order valence-corrected chi connectivity index (χ0v) is 12.5. The fourth-order valence-electron chi connectivity index (χ4n) is 2.16. The Morgan fingerprint density at radius 3 is 2.65 bits per heavy atom. The van der Waals surface area contributed by atoms with E-state index in [1.165, 1.54) is 6.07 Å². The van der Waals surface area contributed by atoms with E-state index in [4.69, 9.17) is 29.0 Å². The van der Waals surface area contributed by atoms with Gasteiger partial charge >= 0.3 is 0 Å². The summed E-state index contributed by atoms with van der Waals surface area (Å²) in [6.07, 6.45) is 0.392. The van der Waals surface area contributed by atoms with E-state index in [0.717, 1.165) is 11.1 Å². The predicted molar refractivity (Wildman–Crippen MR) is 81.4 cm³/mol. The molecule has 0 aliphatic rings. The molecule has 20 heavy (non-hydrogen) atoms. The van der Waals surface area contributed by atoms with Gasteiger partial charge in [-0.25, -0.2) is 4.39 Å². The zero-order valence-electron chi connectivity index (χ0n) is 11.0. The van der Waals surface area contributed by atoms with Crippen molar-refractivity contribution in [2.75, 3.05) is 0 Å². The highest BCUT2D eigenvalue weighted by Crippen LogP contribution is 2.26. The molecule has 5 heteroatoms. The summed E-state index contributed by atoms with van der Waals surface area (Å²) in [4.78, 5) is 0. The van der Waals surface area contributed by atoms with Gasteiger partial charge in [0.15, 0.2) is 0 Å². The van der Waals surface area contributed by atoms with Gasteiger partial charge in [0, 0.05) is 5.02 Å². The first-order valence-electron chi connectivity index (χ1n) is 6.17. The molecule has 0 aliphatic carbocycles. The van der Waals surface area contributed by atoms with Crippen LogP contribution in [0.1, 0.15) is 22.7 Å². The Morgan fingerprint density at radius 1 is 1.25 bits per heavy atom. The predicted octanol–water partition coefficient (Wildman–Crippen LogP) is 4.19. The number of benzene rings is 2. The highest BCUT2D eigenvalue weighted by molar-refractivity contribution is 6.31. The van der Waals surface area contributed by atoms with Crippen LogP contribution in [0.4, 0.5) is 4.39 Å². The first-order chi connectivity index (χ1) is 9.51. The second-order valence-corrected chi connectivity index (χ2v) is 5.54. The second-order valence-electron chi connectivity index (χ2n) is 4.70. The number of rotatable bonds is 4. The van der Waals surface area contributed by atoms with Gasteiger partial charge in [0.2, 0.25) is 0 Å². The molecule has 0 aliphatic heterocycles. The Hall–Kier alpha value is -1.13. The molecule has 2 rings (SSSR count). The number of hydrogen-bond donors (Lipinski definition) is 2. The minimum atomic E-state index is -0.409. The van der Waals surface area contributed by atoms with E-state index in [0.29, 0.717) is 17.0 Å². The van der Waals surface area contributed by atoms with E-state index in [2.05, 4.69) is 5.43 Å². The molecule has 0 fully saturated rings. The van der Waals surface area contributed by atoms with Crippen molar-refractivity contribution in [3.05, 3.63) is 69.0 Å². The Kier molecular flexibility index (Phi) is 5.00. The molecule has 106 valence electrons. The van der Waals surface area contributed by atoms with Gasteiger partial charge in [-0.3, -0.25) is 11.3 Å². The molecule has 0 radical (unpaired) electrons. The Labute approximate surface area is 127 Å². The van der Waals surface area contributed by atoms with Crippen molar-refractivity contribution in [2.24, 2.45) is 5.84 Å². The van der Waals surface area contributed by atoms with Crippen LogP contribution in [0.5, 0.6) is 0 Å². The number of hydrogen-bond acceptors (Lipinski definition) is 2. The van der Waals surface area contributed by atoms with Gasteiger partial charge < -0.3 is 0 Å². The van der Waals surface area contributed by atoms with Crippen molar-refractivity contribution in [3.8, 4) is 0 Å². The van der Waals surface area contributed by atoms with Gasteiger partial charge in [-0.05, 0) is 48.2 Å². The maximum Gasteiger partial charge on any atom is 0.145 e. The summed E-state index contributed by atoms with van der Waals surface area (Å²) in [5.74, 6) is 5.18. The Bertz CT molecular complexity index is 597. The first-order valence-corrected chi connectivity index (χ1v) is 6.93. The number of nitrogens with two attached hydrogens (primary N) is 1. The fourth-order valence-corrected chi connectivity index (χ4v) is 2.66. The van der Waals surface area contributed by atoms with Gasteiger partial charge in [0.25, 0.3) is 0 Å². The van der Waals surface area contributed by atoms with Crippen LogP contribution in [0, 0.1) is 12.7 Å². The molecule has 0 bridgehead atoms. The molecule has 1 atom stereocenters. The third kappa shape index (κ3) is 3.49. The molecule has 3 N–H and O–H groups in total. The topological polar surface area (TPSA) is 38.0 Å². The lowest BCUT2D eigenvalue weighted by atomic mass is 9.98. The monoisotopic (exact) mass is 312 g/mol. The zero-order chi connectivity index (χ0) is 14.7. The molecule has 0 saturated carbocycles. The van der Waals surface area contributed by atoms with Crippen LogP contribution in [0.15, 0.2) is 36.4 Å². The molecular formula is C15H15Cl2FN2. The molecule has 0 heterocycles. The molecular weight excluding hydrogens is 298 g/mol. The van der Waals surface area contributed by atoms with Gasteiger partial charge in [0.1, 0.15) is 5.82 Å². The molecule has 0 amide bonds. The van der Waals surface area contributed by atoms with E-state index >= 15 is 0 Å². The van der Waals surface area contributed by atoms with Crippen LogP contribution in [-0.2, 0) is 6.42 Å². The molecule has 2 nitrogen and oxygen atoms in total. The average molecular weight is 313 g/mol. The van der Waals surface area contributed by atoms with Crippen LogP contribution < -0.4 is 11.3 Å². The summed E-state index contributed by atoms with van der Waals surface area (Å²) in [6.45, 7) is 1.95. The lowest BCUT2D eigenvalue weighted by Gasteiger charge is -2.18. The quantitative estimate of drug-likeness (QED) is 0.656. The van der Waals surface area contributed by atoms with Crippen molar-refractivity contribution in [2.45, 2.75) is 19.4 Å². The van der Waals surface area contributed by atoms with E-state index < -0.39 is 5.82 Å². The van der Waals surface area contributed by atoms with Gasteiger partial charge in [-0.2, -0.15) is 0 Å². The molecule has 0 saturated heterocycles. The molecule has 2 aromatic rings. The van der Waals surface area contributed by atoms with Crippen molar-refractivity contribution in [1.82, 2.24) is 5.43 Å². The minimum absolute atomic E-state index is 0.112. The van der Waals surface area contributed by atoms with Crippen molar-refractivity contribution in [3.63, 3.8) is 0 Å². The number of nitrogens with one attached hydrogen (secondary N) is 1. The summed E-state index contributed by atoms with van der Waals surface area (Å²) < 4.78 is 13.9. The average Bonchev–Trinajstić information content (AvgIpc) is 2.39. The van der Waals surface area contributed by atoms with E-state index in [-0.39, 0.29) is 11.1 Å². The summed E-state index contributed by atoms with van der Waals surface area (Å²) in [6, 6.07) is 10.4. The summed E-state index contributed by atoms with van der Waals surface area (Å²) in [5.41, 5.74) is 5.15. The van der Waals surface area contributed by atoms with E-state index in [1.54, 1.807) is 12.1 Å².